The van der Waals surface area contributed by atoms with Gasteiger partial charge in [-0.3, -0.25) is 4.98 Å². The highest BCUT2D eigenvalue weighted by molar-refractivity contribution is 5.58. The van der Waals surface area contributed by atoms with E-state index in [2.05, 4.69) is 20.1 Å². The van der Waals surface area contributed by atoms with Crippen molar-refractivity contribution in [3.05, 3.63) is 72.9 Å². The van der Waals surface area contributed by atoms with Crippen molar-refractivity contribution in [3.8, 4) is 34.5 Å². The van der Waals surface area contributed by atoms with Gasteiger partial charge < -0.3 is 9.26 Å². The molecule has 0 aliphatic carbocycles. The van der Waals surface area contributed by atoms with Crippen LogP contribution in [0.25, 0.3) is 23.0 Å². The Morgan fingerprint density at radius 2 is 1.60 bits per heavy atom. The molecule has 0 bridgehead atoms. The SMILES string of the molecule is Fc1ccc(Oc2ccc(-c3noc(-c4cnccn4)n3)cc2)cc1. The van der Waals surface area contributed by atoms with Crippen molar-refractivity contribution in [3.63, 3.8) is 0 Å². The summed E-state index contributed by atoms with van der Waals surface area (Å²) in [6.45, 7) is 0. The lowest BCUT2D eigenvalue weighted by Gasteiger charge is -2.05. The van der Waals surface area contributed by atoms with E-state index in [1.807, 2.05) is 12.1 Å². The molecule has 0 N–H and O–H groups in total. The molecule has 0 saturated carbocycles. The quantitative estimate of drug-likeness (QED) is 0.559. The third-order valence-electron chi connectivity index (χ3n) is 3.37. The van der Waals surface area contributed by atoms with Crippen LogP contribution in [0.15, 0.2) is 71.6 Å². The molecule has 0 aliphatic rings. The molecule has 25 heavy (non-hydrogen) atoms. The Balaban J connectivity index is 1.52. The van der Waals surface area contributed by atoms with E-state index in [4.69, 9.17) is 9.26 Å². The van der Waals surface area contributed by atoms with E-state index >= 15 is 0 Å². The highest BCUT2D eigenvalue weighted by atomic mass is 19.1. The van der Waals surface area contributed by atoms with Gasteiger partial charge in [0.1, 0.15) is 23.0 Å². The van der Waals surface area contributed by atoms with E-state index in [1.165, 1.54) is 12.1 Å². The van der Waals surface area contributed by atoms with Crippen LogP contribution in [0.2, 0.25) is 0 Å². The first-order chi connectivity index (χ1) is 12.3. The van der Waals surface area contributed by atoms with E-state index in [9.17, 15) is 4.39 Å². The number of rotatable bonds is 4. The summed E-state index contributed by atoms with van der Waals surface area (Å²) < 4.78 is 23.8. The minimum Gasteiger partial charge on any atom is -0.457 e. The molecule has 2 heterocycles. The summed E-state index contributed by atoms with van der Waals surface area (Å²) >= 11 is 0. The standard InChI is InChI=1S/C18H11FN4O2/c19-13-3-7-15(8-4-13)24-14-5-1-12(2-6-14)17-22-18(25-23-17)16-11-20-9-10-21-16/h1-11H. The summed E-state index contributed by atoms with van der Waals surface area (Å²) in [7, 11) is 0. The van der Waals surface area contributed by atoms with Gasteiger partial charge in [-0.1, -0.05) is 5.16 Å². The van der Waals surface area contributed by atoms with Gasteiger partial charge in [-0.05, 0) is 48.5 Å². The maximum atomic E-state index is 12.9. The molecule has 6 nitrogen and oxygen atoms in total. The molecule has 4 rings (SSSR count). The van der Waals surface area contributed by atoms with Crippen LogP contribution in [-0.2, 0) is 0 Å². The molecule has 0 saturated heterocycles. The third-order valence-corrected chi connectivity index (χ3v) is 3.37. The Morgan fingerprint density at radius 1 is 0.880 bits per heavy atom. The van der Waals surface area contributed by atoms with Crippen molar-refractivity contribution in [1.29, 1.82) is 0 Å². The van der Waals surface area contributed by atoms with Crippen molar-refractivity contribution in [2.75, 3.05) is 0 Å². The molecule has 0 spiro atoms. The van der Waals surface area contributed by atoms with Gasteiger partial charge in [-0.25, -0.2) is 9.37 Å². The molecule has 122 valence electrons. The lowest BCUT2D eigenvalue weighted by molar-refractivity contribution is 0.431. The number of hydrogen-bond donors (Lipinski definition) is 0. The minimum absolute atomic E-state index is 0.301. The average Bonchev–Trinajstić information content (AvgIpc) is 3.15. The first-order valence-electron chi connectivity index (χ1n) is 7.42. The highest BCUT2D eigenvalue weighted by Crippen LogP contribution is 2.25. The Kier molecular flexibility index (Phi) is 3.88. The van der Waals surface area contributed by atoms with Crippen LogP contribution in [0, 0.1) is 5.82 Å². The van der Waals surface area contributed by atoms with Crippen LogP contribution in [0.5, 0.6) is 11.5 Å². The molecule has 2 aromatic heterocycles. The number of hydrogen-bond acceptors (Lipinski definition) is 6. The zero-order valence-electron chi connectivity index (χ0n) is 12.8. The number of nitrogens with zero attached hydrogens (tertiary/aromatic N) is 4. The highest BCUT2D eigenvalue weighted by Gasteiger charge is 2.11. The molecule has 4 aromatic rings. The first-order valence-corrected chi connectivity index (χ1v) is 7.42. The predicted octanol–water partition coefficient (Wildman–Crippen LogP) is 4.13. The molecule has 7 heteroatoms. The maximum absolute atomic E-state index is 12.9. The van der Waals surface area contributed by atoms with Gasteiger partial charge in [0.25, 0.3) is 5.89 Å². The number of ether oxygens (including phenoxy) is 1. The third kappa shape index (κ3) is 3.35. The van der Waals surface area contributed by atoms with E-state index in [0.717, 1.165) is 5.56 Å². The summed E-state index contributed by atoms with van der Waals surface area (Å²) in [5.74, 6) is 1.61. The molecule has 0 atom stereocenters. The van der Waals surface area contributed by atoms with Crippen LogP contribution in [0.4, 0.5) is 4.39 Å². The van der Waals surface area contributed by atoms with E-state index in [0.29, 0.717) is 28.9 Å². The largest absolute Gasteiger partial charge is 0.457 e. The Morgan fingerprint density at radius 3 is 2.28 bits per heavy atom. The van der Waals surface area contributed by atoms with Crippen molar-refractivity contribution >= 4 is 0 Å². The molecular weight excluding hydrogens is 323 g/mol. The molecule has 0 aliphatic heterocycles. The minimum atomic E-state index is -0.307. The smallest absolute Gasteiger partial charge is 0.278 e. The number of halogens is 1. The van der Waals surface area contributed by atoms with Crippen molar-refractivity contribution < 1.29 is 13.7 Å². The van der Waals surface area contributed by atoms with Crippen LogP contribution < -0.4 is 4.74 Å². The van der Waals surface area contributed by atoms with Crippen LogP contribution in [0.3, 0.4) is 0 Å². The second kappa shape index (κ2) is 6.48. The monoisotopic (exact) mass is 334 g/mol. The van der Waals surface area contributed by atoms with Crippen LogP contribution in [-0.4, -0.2) is 20.1 Å². The lowest BCUT2D eigenvalue weighted by atomic mass is 10.2. The van der Waals surface area contributed by atoms with Crippen LogP contribution >= 0.6 is 0 Å². The molecule has 2 aromatic carbocycles. The average molecular weight is 334 g/mol. The molecule has 0 fully saturated rings. The van der Waals surface area contributed by atoms with E-state index in [1.54, 1.807) is 42.9 Å². The van der Waals surface area contributed by atoms with Gasteiger partial charge in [0, 0.05) is 18.0 Å². The zero-order chi connectivity index (χ0) is 17.1. The first kappa shape index (κ1) is 14.9. The Labute approximate surface area is 142 Å². The van der Waals surface area contributed by atoms with Crippen molar-refractivity contribution in [2.24, 2.45) is 0 Å². The second-order valence-electron chi connectivity index (χ2n) is 5.09. The van der Waals surface area contributed by atoms with E-state index < -0.39 is 0 Å². The fourth-order valence-corrected chi connectivity index (χ4v) is 2.17. The predicted molar refractivity (Wildman–Crippen MR) is 87.2 cm³/mol. The van der Waals surface area contributed by atoms with Gasteiger partial charge in [-0.15, -0.1) is 0 Å². The summed E-state index contributed by atoms with van der Waals surface area (Å²) in [4.78, 5) is 12.4. The summed E-state index contributed by atoms with van der Waals surface area (Å²) in [6, 6.07) is 13.0. The Hall–Kier alpha value is -3.61. The number of benzene rings is 2. The zero-order valence-corrected chi connectivity index (χ0v) is 12.8. The molecule has 0 amide bonds. The van der Waals surface area contributed by atoms with Gasteiger partial charge in [0.2, 0.25) is 5.82 Å². The lowest BCUT2D eigenvalue weighted by Crippen LogP contribution is -1.86. The normalized spacial score (nSPS) is 10.6. The molecule has 0 unspecified atom stereocenters. The van der Waals surface area contributed by atoms with Gasteiger partial charge in [0.05, 0.1) is 6.20 Å². The topological polar surface area (TPSA) is 73.9 Å². The molecule has 0 radical (unpaired) electrons. The van der Waals surface area contributed by atoms with E-state index in [-0.39, 0.29) is 5.82 Å². The fourth-order valence-electron chi connectivity index (χ4n) is 2.17. The van der Waals surface area contributed by atoms with Gasteiger partial charge >= 0.3 is 0 Å². The van der Waals surface area contributed by atoms with Gasteiger partial charge in [-0.2, -0.15) is 4.98 Å². The summed E-state index contributed by atoms with van der Waals surface area (Å²) in [5, 5.41) is 3.95. The number of aromatic nitrogens is 4. The Bertz CT molecular complexity index is 970. The summed E-state index contributed by atoms with van der Waals surface area (Å²) in [5.41, 5.74) is 1.28. The van der Waals surface area contributed by atoms with Crippen molar-refractivity contribution in [1.82, 2.24) is 20.1 Å². The molecular formula is C18H11FN4O2. The van der Waals surface area contributed by atoms with Crippen LogP contribution in [0.1, 0.15) is 0 Å². The van der Waals surface area contributed by atoms with Crippen molar-refractivity contribution in [2.45, 2.75) is 0 Å². The second-order valence-corrected chi connectivity index (χ2v) is 5.09. The summed E-state index contributed by atoms with van der Waals surface area (Å²) in [6.07, 6.45) is 4.68. The maximum Gasteiger partial charge on any atom is 0.278 e. The van der Waals surface area contributed by atoms with Gasteiger partial charge in [0.15, 0.2) is 0 Å². The fraction of sp³-hybridized carbons (Fsp3) is 0.